The van der Waals surface area contributed by atoms with Crippen LogP contribution in [0.15, 0.2) is 24.3 Å². The summed E-state index contributed by atoms with van der Waals surface area (Å²) in [5.41, 5.74) is 2.34. The predicted molar refractivity (Wildman–Crippen MR) is 69.5 cm³/mol. The number of carbonyl (C=O) groups is 1. The second-order valence-corrected chi connectivity index (χ2v) is 5.08. The van der Waals surface area contributed by atoms with E-state index in [4.69, 9.17) is 0 Å². The first-order chi connectivity index (χ1) is 7.13. The molecular weight excluding hydrogens is 322 g/mol. The highest BCUT2D eigenvalue weighted by molar-refractivity contribution is 9.12. The molecule has 0 aliphatic heterocycles. The van der Waals surface area contributed by atoms with Crippen LogP contribution in [-0.2, 0) is 11.3 Å². The lowest BCUT2D eigenvalue weighted by molar-refractivity contribution is -0.120. The van der Waals surface area contributed by atoms with Crippen molar-refractivity contribution in [3.05, 3.63) is 35.4 Å². The number of alkyl halides is 2. The number of hydrogen-bond donors (Lipinski definition) is 1. The molecule has 0 saturated carbocycles. The van der Waals surface area contributed by atoms with Gasteiger partial charge in [0.1, 0.15) is 4.83 Å². The van der Waals surface area contributed by atoms with Crippen molar-refractivity contribution in [1.29, 1.82) is 0 Å². The zero-order valence-corrected chi connectivity index (χ0v) is 11.6. The van der Waals surface area contributed by atoms with Gasteiger partial charge in [0.25, 0.3) is 0 Å². The number of rotatable bonds is 4. The van der Waals surface area contributed by atoms with Gasteiger partial charge in [-0.2, -0.15) is 0 Å². The molecule has 1 N–H and O–H groups in total. The van der Waals surface area contributed by atoms with Gasteiger partial charge >= 0.3 is 0 Å². The maximum Gasteiger partial charge on any atom is 0.234 e. The second kappa shape index (κ2) is 6.28. The van der Waals surface area contributed by atoms with Gasteiger partial charge in [-0.3, -0.25) is 4.79 Å². The highest BCUT2D eigenvalue weighted by Gasteiger charge is 2.11. The van der Waals surface area contributed by atoms with E-state index >= 15 is 0 Å². The Kier molecular flexibility index (Phi) is 5.32. The minimum atomic E-state index is -0.164. The first kappa shape index (κ1) is 12.7. The standard InChI is InChI=1S/C11H13Br2NO/c1-8-2-4-9(5-3-8)7-14-11(15)10(13)6-12/h2-5,10H,6-7H2,1H3,(H,14,15). The molecule has 4 heteroatoms. The zero-order valence-electron chi connectivity index (χ0n) is 8.47. The Morgan fingerprint density at radius 1 is 1.40 bits per heavy atom. The average Bonchev–Trinajstić information content (AvgIpc) is 2.26. The first-order valence-electron chi connectivity index (χ1n) is 4.67. The SMILES string of the molecule is Cc1ccc(CNC(=O)C(Br)CBr)cc1. The topological polar surface area (TPSA) is 29.1 Å². The van der Waals surface area contributed by atoms with Crippen LogP contribution in [0.25, 0.3) is 0 Å². The Morgan fingerprint density at radius 3 is 2.53 bits per heavy atom. The van der Waals surface area contributed by atoms with E-state index in [0.29, 0.717) is 11.9 Å². The third kappa shape index (κ3) is 4.34. The van der Waals surface area contributed by atoms with Gasteiger partial charge in [-0.15, -0.1) is 0 Å². The van der Waals surface area contributed by atoms with Crippen molar-refractivity contribution in [3.63, 3.8) is 0 Å². The van der Waals surface area contributed by atoms with Crippen molar-refractivity contribution in [2.24, 2.45) is 0 Å². The van der Waals surface area contributed by atoms with Crippen molar-refractivity contribution < 1.29 is 4.79 Å². The molecule has 1 amide bonds. The lowest BCUT2D eigenvalue weighted by Gasteiger charge is -2.08. The molecule has 0 radical (unpaired) electrons. The monoisotopic (exact) mass is 333 g/mol. The normalized spacial score (nSPS) is 12.2. The minimum absolute atomic E-state index is 0.00690. The minimum Gasteiger partial charge on any atom is -0.351 e. The molecule has 0 heterocycles. The predicted octanol–water partition coefficient (Wildman–Crippen LogP) is 2.77. The third-order valence-corrected chi connectivity index (χ3v) is 4.26. The molecule has 1 aromatic carbocycles. The molecule has 0 aromatic heterocycles. The maximum absolute atomic E-state index is 11.4. The molecule has 1 rings (SSSR count). The van der Waals surface area contributed by atoms with Crippen LogP contribution in [0.5, 0.6) is 0 Å². The number of benzene rings is 1. The van der Waals surface area contributed by atoms with E-state index in [1.807, 2.05) is 31.2 Å². The summed E-state index contributed by atoms with van der Waals surface area (Å²) in [6.45, 7) is 2.62. The van der Waals surface area contributed by atoms with E-state index < -0.39 is 0 Å². The van der Waals surface area contributed by atoms with Crippen LogP contribution < -0.4 is 5.32 Å². The Labute approximate surface area is 107 Å². The molecule has 1 atom stereocenters. The molecule has 1 unspecified atom stereocenters. The fourth-order valence-electron chi connectivity index (χ4n) is 1.08. The van der Waals surface area contributed by atoms with Crippen LogP contribution in [0, 0.1) is 6.92 Å². The molecular formula is C11H13Br2NO. The van der Waals surface area contributed by atoms with Gasteiger partial charge in [0, 0.05) is 11.9 Å². The third-order valence-electron chi connectivity index (χ3n) is 2.01. The summed E-state index contributed by atoms with van der Waals surface area (Å²) in [5, 5.41) is 3.47. The first-order valence-corrected chi connectivity index (χ1v) is 6.70. The number of aryl methyl sites for hydroxylation is 1. The Balaban J connectivity index is 2.43. The second-order valence-electron chi connectivity index (χ2n) is 3.33. The highest BCUT2D eigenvalue weighted by Crippen LogP contribution is 2.05. The van der Waals surface area contributed by atoms with Gasteiger partial charge in [0.05, 0.1) is 0 Å². The van der Waals surface area contributed by atoms with Gasteiger partial charge in [-0.05, 0) is 12.5 Å². The molecule has 82 valence electrons. The molecule has 0 saturated heterocycles. The fraction of sp³-hybridized carbons (Fsp3) is 0.364. The quantitative estimate of drug-likeness (QED) is 0.843. The van der Waals surface area contributed by atoms with Gasteiger partial charge in [0.15, 0.2) is 0 Å². The molecule has 0 fully saturated rings. The van der Waals surface area contributed by atoms with Crippen molar-refractivity contribution in [2.75, 3.05) is 5.33 Å². The Hall–Kier alpha value is -0.350. The molecule has 1 aromatic rings. The van der Waals surface area contributed by atoms with E-state index in [-0.39, 0.29) is 10.7 Å². The maximum atomic E-state index is 11.4. The zero-order chi connectivity index (χ0) is 11.3. The smallest absolute Gasteiger partial charge is 0.234 e. The summed E-state index contributed by atoms with van der Waals surface area (Å²) in [5.74, 6) is 0.00690. The molecule has 0 spiro atoms. The van der Waals surface area contributed by atoms with E-state index in [9.17, 15) is 4.79 Å². The summed E-state index contributed by atoms with van der Waals surface area (Å²) >= 11 is 6.51. The molecule has 2 nitrogen and oxygen atoms in total. The van der Waals surface area contributed by atoms with Crippen molar-refractivity contribution >= 4 is 37.8 Å². The van der Waals surface area contributed by atoms with E-state index in [1.54, 1.807) is 0 Å². The lowest BCUT2D eigenvalue weighted by atomic mass is 10.1. The van der Waals surface area contributed by atoms with Crippen LogP contribution in [-0.4, -0.2) is 16.1 Å². The van der Waals surface area contributed by atoms with Crippen molar-refractivity contribution in [1.82, 2.24) is 5.32 Å². The number of hydrogen-bond acceptors (Lipinski definition) is 1. The van der Waals surface area contributed by atoms with Crippen LogP contribution in [0.1, 0.15) is 11.1 Å². The van der Waals surface area contributed by atoms with Crippen LogP contribution >= 0.6 is 31.9 Å². The molecule has 0 aliphatic carbocycles. The highest BCUT2D eigenvalue weighted by atomic mass is 79.9. The number of halogens is 2. The average molecular weight is 335 g/mol. The molecule has 0 aliphatic rings. The summed E-state index contributed by atoms with van der Waals surface area (Å²) in [4.78, 5) is 11.3. The van der Waals surface area contributed by atoms with E-state index in [1.165, 1.54) is 5.56 Å². The number of amides is 1. The Morgan fingerprint density at radius 2 is 2.00 bits per heavy atom. The summed E-state index contributed by atoms with van der Waals surface area (Å²) in [6, 6.07) is 8.12. The van der Waals surface area contributed by atoms with Gasteiger partial charge in [0.2, 0.25) is 5.91 Å². The number of carbonyl (C=O) groups excluding carboxylic acids is 1. The van der Waals surface area contributed by atoms with Gasteiger partial charge in [-0.25, -0.2) is 0 Å². The Bertz CT molecular complexity index is 324. The van der Waals surface area contributed by atoms with Gasteiger partial charge in [-0.1, -0.05) is 61.7 Å². The van der Waals surface area contributed by atoms with E-state index in [2.05, 4.69) is 37.2 Å². The summed E-state index contributed by atoms with van der Waals surface area (Å²) in [7, 11) is 0. The lowest BCUT2D eigenvalue weighted by Crippen LogP contribution is -2.31. The number of nitrogens with one attached hydrogen (secondary N) is 1. The van der Waals surface area contributed by atoms with Crippen molar-refractivity contribution in [2.45, 2.75) is 18.3 Å². The summed E-state index contributed by atoms with van der Waals surface area (Å²) < 4.78 is 0. The fourth-order valence-corrected chi connectivity index (χ4v) is 1.53. The summed E-state index contributed by atoms with van der Waals surface area (Å²) in [6.07, 6.45) is 0. The molecule has 15 heavy (non-hydrogen) atoms. The van der Waals surface area contributed by atoms with E-state index in [0.717, 1.165) is 5.56 Å². The van der Waals surface area contributed by atoms with Crippen molar-refractivity contribution in [3.8, 4) is 0 Å². The van der Waals surface area contributed by atoms with Crippen LogP contribution in [0.2, 0.25) is 0 Å². The van der Waals surface area contributed by atoms with Crippen LogP contribution in [0.3, 0.4) is 0 Å². The van der Waals surface area contributed by atoms with Crippen LogP contribution in [0.4, 0.5) is 0 Å². The molecule has 0 bridgehead atoms. The van der Waals surface area contributed by atoms with Gasteiger partial charge < -0.3 is 5.32 Å². The largest absolute Gasteiger partial charge is 0.351 e.